The Labute approximate surface area is 123 Å². The van der Waals surface area contributed by atoms with Gasteiger partial charge in [0.05, 0.1) is 7.11 Å². The summed E-state index contributed by atoms with van der Waals surface area (Å²) in [4.78, 5) is 14.5. The van der Waals surface area contributed by atoms with Gasteiger partial charge in [-0.3, -0.25) is 10.1 Å². The maximum atomic E-state index is 12.2. The molecule has 2 saturated carbocycles. The maximum absolute atomic E-state index is 12.2. The minimum atomic E-state index is -0.576. The first kappa shape index (κ1) is 15.8. The molecule has 116 valence electrons. The Morgan fingerprint density at radius 2 is 1.85 bits per heavy atom. The van der Waals surface area contributed by atoms with E-state index in [4.69, 9.17) is 4.74 Å². The first-order chi connectivity index (χ1) is 9.44. The fraction of sp³-hybridized carbons (Fsp3) is 0.938. The molecule has 20 heavy (non-hydrogen) atoms. The molecule has 4 nitrogen and oxygen atoms in total. The third-order valence-electron chi connectivity index (χ3n) is 4.91. The lowest BCUT2D eigenvalue weighted by molar-refractivity contribution is -0.149. The van der Waals surface area contributed by atoms with Crippen LogP contribution in [0, 0.1) is 5.92 Å². The summed E-state index contributed by atoms with van der Waals surface area (Å²) in [6, 6.07) is 1.11. The van der Waals surface area contributed by atoms with Gasteiger partial charge in [0.1, 0.15) is 5.54 Å². The van der Waals surface area contributed by atoms with Crippen molar-refractivity contribution in [2.75, 3.05) is 20.7 Å². The fourth-order valence-corrected chi connectivity index (χ4v) is 3.38. The molecule has 1 N–H and O–H groups in total. The molecule has 1 atom stereocenters. The average Bonchev–Trinajstić information content (AvgIpc) is 3.22. The zero-order chi connectivity index (χ0) is 14.8. The molecular formula is C16H30N2O2. The van der Waals surface area contributed by atoms with Crippen LogP contribution in [0.15, 0.2) is 0 Å². The summed E-state index contributed by atoms with van der Waals surface area (Å²) < 4.78 is 5.02. The smallest absolute Gasteiger partial charge is 0.327 e. The van der Waals surface area contributed by atoms with Crippen LogP contribution >= 0.6 is 0 Å². The van der Waals surface area contributed by atoms with Crippen molar-refractivity contribution in [1.29, 1.82) is 0 Å². The SMILES string of the molecule is COC(=O)C(C)(CN(C)C1CCC(C)CC1)NC1CC1. The van der Waals surface area contributed by atoms with Crippen LogP contribution in [0.25, 0.3) is 0 Å². The molecule has 2 rings (SSSR count). The highest BCUT2D eigenvalue weighted by molar-refractivity contribution is 5.80. The highest BCUT2D eigenvalue weighted by Gasteiger charge is 2.41. The average molecular weight is 282 g/mol. The lowest BCUT2D eigenvalue weighted by Gasteiger charge is -2.39. The number of carbonyl (C=O) groups is 1. The first-order valence-electron chi connectivity index (χ1n) is 8.01. The second-order valence-electron chi connectivity index (χ2n) is 7.07. The summed E-state index contributed by atoms with van der Waals surface area (Å²) in [7, 11) is 3.63. The number of hydrogen-bond donors (Lipinski definition) is 1. The highest BCUT2D eigenvalue weighted by Crippen LogP contribution is 2.28. The van der Waals surface area contributed by atoms with Gasteiger partial charge in [-0.2, -0.15) is 0 Å². The molecule has 2 fully saturated rings. The van der Waals surface area contributed by atoms with Crippen molar-refractivity contribution in [2.24, 2.45) is 5.92 Å². The second-order valence-corrected chi connectivity index (χ2v) is 7.07. The van der Waals surface area contributed by atoms with E-state index in [1.54, 1.807) is 0 Å². The zero-order valence-corrected chi connectivity index (χ0v) is 13.4. The van der Waals surface area contributed by atoms with E-state index in [2.05, 4.69) is 24.2 Å². The third-order valence-corrected chi connectivity index (χ3v) is 4.91. The van der Waals surface area contributed by atoms with Crippen molar-refractivity contribution in [3.63, 3.8) is 0 Å². The number of rotatable bonds is 6. The molecule has 0 aromatic carbocycles. The molecular weight excluding hydrogens is 252 g/mol. The Balaban J connectivity index is 1.93. The summed E-state index contributed by atoms with van der Waals surface area (Å²) in [6.45, 7) is 5.05. The Morgan fingerprint density at radius 3 is 2.35 bits per heavy atom. The summed E-state index contributed by atoms with van der Waals surface area (Å²) in [6.07, 6.45) is 7.46. The van der Waals surface area contributed by atoms with Crippen LogP contribution in [0.2, 0.25) is 0 Å². The van der Waals surface area contributed by atoms with Crippen molar-refractivity contribution in [2.45, 2.75) is 70.0 Å². The fourth-order valence-electron chi connectivity index (χ4n) is 3.38. The van der Waals surface area contributed by atoms with Crippen molar-refractivity contribution in [3.05, 3.63) is 0 Å². The van der Waals surface area contributed by atoms with Crippen LogP contribution in [0.4, 0.5) is 0 Å². The van der Waals surface area contributed by atoms with Crippen molar-refractivity contribution >= 4 is 5.97 Å². The molecule has 0 spiro atoms. The number of hydrogen-bond acceptors (Lipinski definition) is 4. The summed E-state index contributed by atoms with van der Waals surface area (Å²) in [5, 5.41) is 3.48. The molecule has 4 heteroatoms. The summed E-state index contributed by atoms with van der Waals surface area (Å²) >= 11 is 0. The van der Waals surface area contributed by atoms with E-state index in [0.717, 1.165) is 12.5 Å². The van der Waals surface area contributed by atoms with Crippen molar-refractivity contribution in [3.8, 4) is 0 Å². The molecule has 0 radical (unpaired) electrons. The van der Waals surface area contributed by atoms with Gasteiger partial charge in [0.15, 0.2) is 0 Å². The molecule has 0 aromatic rings. The minimum absolute atomic E-state index is 0.138. The molecule has 1 unspecified atom stereocenters. The van der Waals surface area contributed by atoms with Crippen LogP contribution in [0.3, 0.4) is 0 Å². The Morgan fingerprint density at radius 1 is 1.25 bits per heavy atom. The summed E-state index contributed by atoms with van der Waals surface area (Å²) in [5.41, 5.74) is -0.576. The van der Waals surface area contributed by atoms with Gasteiger partial charge in [0.25, 0.3) is 0 Å². The van der Waals surface area contributed by atoms with Gasteiger partial charge in [-0.1, -0.05) is 6.92 Å². The van der Waals surface area contributed by atoms with Crippen molar-refractivity contribution in [1.82, 2.24) is 10.2 Å². The van der Waals surface area contributed by atoms with Crippen LogP contribution in [0.1, 0.15) is 52.4 Å². The second kappa shape index (κ2) is 6.44. The van der Waals surface area contributed by atoms with E-state index in [-0.39, 0.29) is 5.97 Å². The third kappa shape index (κ3) is 3.95. The standard InChI is InChI=1S/C16H30N2O2/c1-12-5-9-14(10-6-12)18(3)11-16(2,15(19)20-4)17-13-7-8-13/h12-14,17H,5-11H2,1-4H3. The lowest BCUT2D eigenvalue weighted by atomic mass is 9.86. The van der Waals surface area contributed by atoms with E-state index in [0.29, 0.717) is 12.1 Å². The van der Waals surface area contributed by atoms with E-state index >= 15 is 0 Å². The quantitative estimate of drug-likeness (QED) is 0.758. The van der Waals surface area contributed by atoms with E-state index in [1.165, 1.54) is 45.6 Å². The molecule has 0 aliphatic heterocycles. The van der Waals surface area contributed by atoms with Gasteiger partial charge in [-0.05, 0) is 58.4 Å². The normalized spacial score (nSPS) is 30.1. The number of likely N-dealkylation sites (N-methyl/N-ethyl adjacent to an activating group) is 1. The first-order valence-corrected chi connectivity index (χ1v) is 8.01. The Hall–Kier alpha value is -0.610. The molecule has 0 amide bonds. The van der Waals surface area contributed by atoms with E-state index < -0.39 is 5.54 Å². The maximum Gasteiger partial charge on any atom is 0.327 e. The Kier molecular flexibility index (Phi) is 5.08. The van der Waals surface area contributed by atoms with Gasteiger partial charge in [0.2, 0.25) is 0 Å². The number of nitrogens with one attached hydrogen (secondary N) is 1. The molecule has 2 aliphatic carbocycles. The number of ether oxygens (including phenoxy) is 1. The number of carbonyl (C=O) groups excluding carboxylic acids is 1. The monoisotopic (exact) mass is 282 g/mol. The largest absolute Gasteiger partial charge is 0.468 e. The highest BCUT2D eigenvalue weighted by atomic mass is 16.5. The van der Waals surface area contributed by atoms with Crippen LogP contribution in [-0.4, -0.2) is 49.2 Å². The van der Waals surface area contributed by atoms with Crippen LogP contribution < -0.4 is 5.32 Å². The molecule has 0 aromatic heterocycles. The van der Waals surface area contributed by atoms with Gasteiger partial charge in [-0.15, -0.1) is 0 Å². The van der Waals surface area contributed by atoms with Crippen LogP contribution in [0.5, 0.6) is 0 Å². The van der Waals surface area contributed by atoms with Crippen LogP contribution in [-0.2, 0) is 9.53 Å². The topological polar surface area (TPSA) is 41.6 Å². The molecule has 2 aliphatic rings. The predicted molar refractivity (Wildman–Crippen MR) is 80.6 cm³/mol. The predicted octanol–water partition coefficient (Wildman–Crippen LogP) is 2.18. The van der Waals surface area contributed by atoms with Gasteiger partial charge < -0.3 is 9.64 Å². The minimum Gasteiger partial charge on any atom is -0.468 e. The number of nitrogens with zero attached hydrogens (tertiary/aromatic N) is 1. The zero-order valence-electron chi connectivity index (χ0n) is 13.4. The van der Waals surface area contributed by atoms with E-state index in [1.807, 2.05) is 6.92 Å². The summed E-state index contributed by atoms with van der Waals surface area (Å²) in [5.74, 6) is 0.719. The van der Waals surface area contributed by atoms with Gasteiger partial charge in [-0.25, -0.2) is 0 Å². The van der Waals surface area contributed by atoms with Crippen molar-refractivity contribution < 1.29 is 9.53 Å². The molecule has 0 saturated heterocycles. The van der Waals surface area contributed by atoms with E-state index in [9.17, 15) is 4.79 Å². The molecule has 0 bridgehead atoms. The number of methoxy groups -OCH3 is 1. The van der Waals surface area contributed by atoms with Gasteiger partial charge in [0, 0.05) is 18.6 Å². The van der Waals surface area contributed by atoms with Gasteiger partial charge >= 0.3 is 5.97 Å². The number of esters is 1. The lowest BCUT2D eigenvalue weighted by Crippen LogP contribution is -2.59. The Bertz CT molecular complexity index is 335. The molecule has 0 heterocycles.